The number of halogens is 1. The Hall–Kier alpha value is -1.05. The average Bonchev–Trinajstić information content (AvgIpc) is 2.33. The van der Waals surface area contributed by atoms with Gasteiger partial charge in [0.25, 0.3) is 0 Å². The van der Waals surface area contributed by atoms with Gasteiger partial charge in [0.15, 0.2) is 6.10 Å². The molecule has 4 heteroatoms. The average molecular weight is 297 g/mol. The fourth-order valence-corrected chi connectivity index (χ4v) is 1.93. The third kappa shape index (κ3) is 4.37. The van der Waals surface area contributed by atoms with Gasteiger partial charge in [-0.05, 0) is 41.9 Å². The van der Waals surface area contributed by atoms with Gasteiger partial charge in [0, 0.05) is 12.1 Å². The van der Waals surface area contributed by atoms with E-state index in [-0.39, 0.29) is 0 Å². The van der Waals surface area contributed by atoms with Crippen LogP contribution >= 0.6 is 15.9 Å². The van der Waals surface area contributed by atoms with Crippen LogP contribution in [-0.2, 0) is 6.54 Å². The van der Waals surface area contributed by atoms with Crippen molar-refractivity contribution in [3.8, 4) is 11.8 Å². The molecule has 0 radical (unpaired) electrons. The van der Waals surface area contributed by atoms with E-state index >= 15 is 0 Å². The van der Waals surface area contributed by atoms with E-state index in [0.717, 1.165) is 35.3 Å². The van der Waals surface area contributed by atoms with Crippen molar-refractivity contribution in [1.29, 1.82) is 5.26 Å². The first kappa shape index (κ1) is 14.0. The Morgan fingerprint density at radius 3 is 2.94 bits per heavy atom. The van der Waals surface area contributed by atoms with Gasteiger partial charge in [0.1, 0.15) is 11.8 Å². The topological polar surface area (TPSA) is 45.0 Å². The van der Waals surface area contributed by atoms with E-state index in [1.165, 1.54) is 0 Å². The van der Waals surface area contributed by atoms with Crippen LogP contribution in [0.15, 0.2) is 22.7 Å². The lowest BCUT2D eigenvalue weighted by Crippen LogP contribution is -2.16. The Balaban J connectivity index is 2.81. The smallest absolute Gasteiger partial charge is 0.181 e. The van der Waals surface area contributed by atoms with Gasteiger partial charge in [0.05, 0.1) is 4.47 Å². The third-order valence-electron chi connectivity index (χ3n) is 2.27. The van der Waals surface area contributed by atoms with Crippen molar-refractivity contribution >= 4 is 15.9 Å². The normalized spacial score (nSPS) is 11.9. The van der Waals surface area contributed by atoms with Gasteiger partial charge in [-0.15, -0.1) is 0 Å². The van der Waals surface area contributed by atoms with Crippen LogP contribution in [0, 0.1) is 11.3 Å². The highest BCUT2D eigenvalue weighted by Gasteiger charge is 2.10. The molecule has 0 spiro atoms. The number of benzene rings is 1. The number of hydrogen-bond donors (Lipinski definition) is 1. The molecule has 1 N–H and O–H groups in total. The molecule has 1 atom stereocenters. The van der Waals surface area contributed by atoms with E-state index in [9.17, 15) is 0 Å². The van der Waals surface area contributed by atoms with Gasteiger partial charge in [0.2, 0.25) is 0 Å². The Morgan fingerprint density at radius 1 is 1.53 bits per heavy atom. The molecule has 1 aromatic carbocycles. The fourth-order valence-electron chi connectivity index (χ4n) is 1.43. The molecule has 0 fully saturated rings. The van der Waals surface area contributed by atoms with Crippen molar-refractivity contribution in [2.24, 2.45) is 0 Å². The van der Waals surface area contributed by atoms with Crippen molar-refractivity contribution in [2.75, 3.05) is 6.54 Å². The largest absolute Gasteiger partial charge is 0.474 e. The second-order valence-corrected chi connectivity index (χ2v) is 4.65. The maximum atomic E-state index is 8.79. The molecule has 1 rings (SSSR count). The van der Waals surface area contributed by atoms with E-state index < -0.39 is 6.10 Å². The summed E-state index contributed by atoms with van der Waals surface area (Å²) in [5, 5.41) is 12.1. The first-order chi connectivity index (χ1) is 8.19. The Morgan fingerprint density at radius 2 is 2.29 bits per heavy atom. The summed E-state index contributed by atoms with van der Waals surface area (Å²) in [5.41, 5.74) is 1.06. The quantitative estimate of drug-likeness (QED) is 0.820. The number of nitrogens with one attached hydrogen (secondary N) is 1. The Labute approximate surface area is 111 Å². The molecule has 0 aliphatic carbocycles. The van der Waals surface area contributed by atoms with E-state index in [0.29, 0.717) is 0 Å². The highest BCUT2D eigenvalue weighted by molar-refractivity contribution is 9.10. The van der Waals surface area contributed by atoms with Crippen molar-refractivity contribution < 1.29 is 4.74 Å². The van der Waals surface area contributed by atoms with E-state index in [4.69, 9.17) is 10.00 Å². The van der Waals surface area contributed by atoms with Crippen LogP contribution in [-0.4, -0.2) is 12.6 Å². The van der Waals surface area contributed by atoms with Crippen molar-refractivity contribution in [3.05, 3.63) is 28.2 Å². The van der Waals surface area contributed by atoms with Crippen molar-refractivity contribution in [2.45, 2.75) is 32.9 Å². The Kier molecular flexibility index (Phi) is 6.03. The maximum absolute atomic E-state index is 8.79. The standard InChI is InChI=1S/C13H17BrN2O/c1-3-7-16-9-11-5-4-6-12(14)13(11)17-10(2)8-15/h4-6,10,16H,3,7,9H2,1-2H3. The fraction of sp³-hybridized carbons (Fsp3) is 0.462. The molecule has 0 aromatic heterocycles. The maximum Gasteiger partial charge on any atom is 0.181 e. The summed E-state index contributed by atoms with van der Waals surface area (Å²) >= 11 is 3.45. The summed E-state index contributed by atoms with van der Waals surface area (Å²) in [7, 11) is 0. The second-order valence-electron chi connectivity index (χ2n) is 3.79. The summed E-state index contributed by atoms with van der Waals surface area (Å²) in [4.78, 5) is 0. The molecule has 1 aromatic rings. The summed E-state index contributed by atoms with van der Waals surface area (Å²) in [5.74, 6) is 0.755. The summed E-state index contributed by atoms with van der Waals surface area (Å²) in [6.45, 7) is 5.59. The van der Waals surface area contributed by atoms with Gasteiger partial charge in [-0.25, -0.2) is 0 Å². The van der Waals surface area contributed by atoms with Gasteiger partial charge in [-0.2, -0.15) is 5.26 Å². The number of ether oxygens (including phenoxy) is 1. The summed E-state index contributed by atoms with van der Waals surface area (Å²) < 4.78 is 6.49. The molecule has 0 aliphatic rings. The van der Waals surface area contributed by atoms with Gasteiger partial charge < -0.3 is 10.1 Å². The number of para-hydroxylation sites is 1. The number of nitriles is 1. The van der Waals surface area contributed by atoms with Crippen LogP contribution in [0.5, 0.6) is 5.75 Å². The molecule has 3 nitrogen and oxygen atoms in total. The first-order valence-electron chi connectivity index (χ1n) is 5.73. The number of hydrogen-bond acceptors (Lipinski definition) is 3. The summed E-state index contributed by atoms with van der Waals surface area (Å²) in [6, 6.07) is 7.97. The lowest BCUT2D eigenvalue weighted by Gasteiger charge is -2.15. The lowest BCUT2D eigenvalue weighted by atomic mass is 10.2. The van der Waals surface area contributed by atoms with Gasteiger partial charge in [-0.3, -0.25) is 0 Å². The minimum atomic E-state index is -0.446. The molecule has 0 saturated heterocycles. The molecule has 17 heavy (non-hydrogen) atoms. The third-order valence-corrected chi connectivity index (χ3v) is 2.89. The molecule has 0 aliphatic heterocycles. The highest BCUT2D eigenvalue weighted by Crippen LogP contribution is 2.29. The second kappa shape index (κ2) is 7.31. The predicted octanol–water partition coefficient (Wildman–Crippen LogP) is 3.24. The molecular weight excluding hydrogens is 280 g/mol. The molecule has 0 amide bonds. The van der Waals surface area contributed by atoms with Crippen LogP contribution in [0.1, 0.15) is 25.8 Å². The van der Waals surface area contributed by atoms with Crippen LogP contribution in [0.25, 0.3) is 0 Å². The highest BCUT2D eigenvalue weighted by atomic mass is 79.9. The lowest BCUT2D eigenvalue weighted by molar-refractivity contribution is 0.271. The molecule has 0 bridgehead atoms. The van der Waals surface area contributed by atoms with E-state index in [2.05, 4.69) is 34.2 Å². The van der Waals surface area contributed by atoms with Crippen LogP contribution < -0.4 is 10.1 Å². The van der Waals surface area contributed by atoms with Crippen LogP contribution in [0.2, 0.25) is 0 Å². The van der Waals surface area contributed by atoms with E-state index in [1.54, 1.807) is 6.92 Å². The summed E-state index contributed by atoms with van der Waals surface area (Å²) in [6.07, 6.45) is 0.650. The zero-order valence-corrected chi connectivity index (χ0v) is 11.8. The zero-order chi connectivity index (χ0) is 12.7. The SMILES string of the molecule is CCCNCc1cccc(Br)c1OC(C)C#N. The number of rotatable bonds is 6. The van der Waals surface area contributed by atoms with Gasteiger partial charge >= 0.3 is 0 Å². The van der Waals surface area contributed by atoms with Crippen molar-refractivity contribution in [3.63, 3.8) is 0 Å². The van der Waals surface area contributed by atoms with Crippen LogP contribution in [0.3, 0.4) is 0 Å². The first-order valence-corrected chi connectivity index (χ1v) is 6.52. The van der Waals surface area contributed by atoms with Gasteiger partial charge in [-0.1, -0.05) is 19.1 Å². The molecule has 0 heterocycles. The van der Waals surface area contributed by atoms with E-state index in [1.807, 2.05) is 18.2 Å². The Bertz CT molecular complexity index is 401. The molecule has 0 saturated carbocycles. The molecule has 92 valence electrons. The predicted molar refractivity (Wildman–Crippen MR) is 71.8 cm³/mol. The molecule has 1 unspecified atom stereocenters. The van der Waals surface area contributed by atoms with Crippen LogP contribution in [0.4, 0.5) is 0 Å². The monoisotopic (exact) mass is 296 g/mol. The minimum absolute atomic E-state index is 0.446. The minimum Gasteiger partial charge on any atom is -0.474 e. The zero-order valence-electron chi connectivity index (χ0n) is 10.2. The molecular formula is C13H17BrN2O. The number of nitrogens with zero attached hydrogens (tertiary/aromatic N) is 1. The van der Waals surface area contributed by atoms with Crippen molar-refractivity contribution in [1.82, 2.24) is 5.32 Å².